The lowest BCUT2D eigenvalue weighted by molar-refractivity contribution is 0.109. The molecule has 0 saturated heterocycles. The van der Waals surface area contributed by atoms with Crippen LogP contribution in [0.25, 0.3) is 0 Å². The number of nitrogens with zero attached hydrogens (tertiary/aromatic N) is 3. The van der Waals surface area contributed by atoms with Crippen LogP contribution < -0.4 is 5.32 Å². The summed E-state index contributed by atoms with van der Waals surface area (Å²) >= 11 is 0. The van der Waals surface area contributed by atoms with Crippen LogP contribution in [-0.2, 0) is 33.9 Å². The zero-order chi connectivity index (χ0) is 26.4. The Bertz CT molecular complexity index is 1550. The average molecular weight is 535 g/mol. The highest BCUT2D eigenvalue weighted by atomic mass is 32.2. The third-order valence-electron chi connectivity index (χ3n) is 7.74. The third-order valence-corrected chi connectivity index (χ3v) is 9.43. The van der Waals surface area contributed by atoms with Gasteiger partial charge < -0.3 is 10.2 Å². The van der Waals surface area contributed by atoms with Gasteiger partial charge in [0.05, 0.1) is 17.3 Å². The van der Waals surface area contributed by atoms with E-state index in [0.717, 1.165) is 36.9 Å². The van der Waals surface area contributed by atoms with Crippen molar-refractivity contribution in [2.75, 3.05) is 6.61 Å². The summed E-state index contributed by atoms with van der Waals surface area (Å²) in [7, 11) is -4.32. The number of oxime groups is 1. The molecular formula is C29H31FN4O3S. The van der Waals surface area contributed by atoms with Gasteiger partial charge in [0.1, 0.15) is 17.3 Å². The van der Waals surface area contributed by atoms with E-state index in [1.807, 2.05) is 0 Å². The minimum atomic E-state index is -4.32. The van der Waals surface area contributed by atoms with Crippen molar-refractivity contribution in [3.8, 4) is 0 Å². The van der Waals surface area contributed by atoms with Crippen molar-refractivity contribution in [1.82, 2.24) is 15.5 Å². The SMILES string of the molecule is Cc1ccc(CC2CON=C(c3c(S(=O)(=O)c4cccc(C5CC5)c4F)nnc4c3CCCC4)N2)c(C)c1. The summed E-state index contributed by atoms with van der Waals surface area (Å²) in [6.45, 7) is 4.49. The molecule has 2 aromatic carbocycles. The molecule has 1 N–H and O–H groups in total. The monoisotopic (exact) mass is 534 g/mol. The maximum Gasteiger partial charge on any atom is 0.229 e. The minimum absolute atomic E-state index is 0.0722. The summed E-state index contributed by atoms with van der Waals surface area (Å²) < 4.78 is 43.5. The smallest absolute Gasteiger partial charge is 0.229 e. The van der Waals surface area contributed by atoms with E-state index < -0.39 is 15.7 Å². The van der Waals surface area contributed by atoms with Gasteiger partial charge in [-0.3, -0.25) is 0 Å². The third kappa shape index (κ3) is 4.57. The summed E-state index contributed by atoms with van der Waals surface area (Å²) in [5, 5.41) is 15.9. The number of sulfone groups is 1. The molecule has 38 heavy (non-hydrogen) atoms. The van der Waals surface area contributed by atoms with Crippen LogP contribution in [0.3, 0.4) is 0 Å². The Morgan fingerprint density at radius 1 is 1.08 bits per heavy atom. The molecule has 198 valence electrons. The van der Waals surface area contributed by atoms with E-state index in [2.05, 4.69) is 52.7 Å². The first-order valence-electron chi connectivity index (χ1n) is 13.3. The summed E-state index contributed by atoms with van der Waals surface area (Å²) in [6.07, 6.45) is 5.63. The molecule has 6 rings (SSSR count). The number of halogens is 1. The Kier molecular flexibility index (Phi) is 6.42. The van der Waals surface area contributed by atoms with E-state index in [0.29, 0.717) is 42.8 Å². The second-order valence-corrected chi connectivity index (χ2v) is 12.5. The van der Waals surface area contributed by atoms with Gasteiger partial charge in [-0.1, -0.05) is 41.1 Å². The van der Waals surface area contributed by atoms with Crippen molar-refractivity contribution in [2.24, 2.45) is 5.16 Å². The van der Waals surface area contributed by atoms with Gasteiger partial charge in [0, 0.05) is 0 Å². The van der Waals surface area contributed by atoms with Crippen molar-refractivity contribution in [3.63, 3.8) is 0 Å². The molecule has 1 aliphatic heterocycles. The lowest BCUT2D eigenvalue weighted by Gasteiger charge is -2.28. The van der Waals surface area contributed by atoms with Crippen LogP contribution in [0.5, 0.6) is 0 Å². The van der Waals surface area contributed by atoms with Gasteiger partial charge in [-0.25, -0.2) is 12.8 Å². The Morgan fingerprint density at radius 2 is 1.89 bits per heavy atom. The predicted octanol–water partition coefficient (Wildman–Crippen LogP) is 4.71. The Morgan fingerprint density at radius 3 is 2.68 bits per heavy atom. The number of rotatable bonds is 6. The second kappa shape index (κ2) is 9.76. The second-order valence-electron chi connectivity index (χ2n) is 10.7. The number of fused-ring (bicyclic) bond motifs is 1. The molecule has 0 bridgehead atoms. The molecule has 1 saturated carbocycles. The fraction of sp³-hybridized carbons (Fsp3) is 0.414. The summed E-state index contributed by atoms with van der Waals surface area (Å²) in [6, 6.07) is 10.8. The first-order chi connectivity index (χ1) is 18.3. The van der Waals surface area contributed by atoms with E-state index in [4.69, 9.17) is 4.84 Å². The average Bonchev–Trinajstić information content (AvgIpc) is 3.75. The fourth-order valence-corrected chi connectivity index (χ4v) is 7.01. The Hall–Kier alpha value is -3.33. The van der Waals surface area contributed by atoms with Crippen LogP contribution in [-0.4, -0.2) is 37.1 Å². The highest BCUT2D eigenvalue weighted by molar-refractivity contribution is 7.91. The highest BCUT2D eigenvalue weighted by Gasteiger charge is 2.36. The van der Waals surface area contributed by atoms with Crippen molar-refractivity contribution < 1.29 is 17.6 Å². The summed E-state index contributed by atoms with van der Waals surface area (Å²) in [4.78, 5) is 5.28. The van der Waals surface area contributed by atoms with E-state index in [1.54, 1.807) is 12.1 Å². The molecule has 1 aromatic heterocycles. The quantitative estimate of drug-likeness (QED) is 0.492. The van der Waals surface area contributed by atoms with E-state index in [-0.39, 0.29) is 21.9 Å². The molecule has 0 amide bonds. The largest absolute Gasteiger partial charge is 0.392 e. The molecule has 1 fully saturated rings. The van der Waals surface area contributed by atoms with Crippen LogP contribution in [0.15, 0.2) is 51.5 Å². The van der Waals surface area contributed by atoms with Gasteiger partial charge in [-0.05, 0) is 93.0 Å². The first-order valence-corrected chi connectivity index (χ1v) is 14.8. The van der Waals surface area contributed by atoms with Crippen LogP contribution in [0.1, 0.15) is 70.7 Å². The van der Waals surface area contributed by atoms with Gasteiger partial charge in [-0.2, -0.15) is 5.10 Å². The standard InChI is InChI=1S/C29H31FN4O3S/c1-17-10-11-20(18(2)14-17)15-21-16-37-34-28(31-21)26-23-6-3-4-8-24(23)32-33-29(26)38(35,36)25-9-5-7-22(27(25)30)19-12-13-19/h5,7,9-11,14,19,21H,3-4,6,8,12-13,15-16H2,1-2H3,(H,31,34). The summed E-state index contributed by atoms with van der Waals surface area (Å²) in [5.74, 6) is -0.303. The number of aromatic nitrogens is 2. The van der Waals surface area contributed by atoms with Gasteiger partial charge in [0.25, 0.3) is 0 Å². The van der Waals surface area contributed by atoms with E-state index in [1.165, 1.54) is 22.8 Å². The molecule has 0 spiro atoms. The van der Waals surface area contributed by atoms with Gasteiger partial charge in [0.2, 0.25) is 9.84 Å². The lowest BCUT2D eigenvalue weighted by Crippen LogP contribution is -2.44. The number of aryl methyl sites for hydroxylation is 3. The van der Waals surface area contributed by atoms with Crippen molar-refractivity contribution >= 4 is 15.7 Å². The Labute approximate surface area is 222 Å². The zero-order valence-electron chi connectivity index (χ0n) is 21.6. The first kappa shape index (κ1) is 25.0. The van der Waals surface area contributed by atoms with Crippen molar-refractivity contribution in [2.45, 2.75) is 80.7 Å². The predicted molar refractivity (Wildman–Crippen MR) is 142 cm³/mol. The van der Waals surface area contributed by atoms with Crippen molar-refractivity contribution in [3.05, 3.63) is 81.3 Å². The number of hydrogen-bond acceptors (Lipinski definition) is 7. The molecule has 1 atom stereocenters. The normalized spacial score (nSPS) is 19.2. The number of hydrogen-bond donors (Lipinski definition) is 1. The number of nitrogens with one attached hydrogen (secondary N) is 1. The maximum absolute atomic E-state index is 15.5. The van der Waals surface area contributed by atoms with Crippen LogP contribution in [0, 0.1) is 19.7 Å². The molecule has 0 radical (unpaired) electrons. The van der Waals surface area contributed by atoms with Crippen LogP contribution in [0.2, 0.25) is 0 Å². The number of benzene rings is 2. The van der Waals surface area contributed by atoms with Gasteiger partial charge >= 0.3 is 0 Å². The van der Waals surface area contributed by atoms with E-state index >= 15 is 4.39 Å². The molecule has 3 aliphatic rings. The molecule has 9 heteroatoms. The van der Waals surface area contributed by atoms with Crippen LogP contribution in [0.4, 0.5) is 4.39 Å². The lowest BCUT2D eigenvalue weighted by atomic mass is 9.92. The van der Waals surface area contributed by atoms with Crippen molar-refractivity contribution in [1.29, 1.82) is 0 Å². The fourth-order valence-electron chi connectivity index (χ4n) is 5.56. The van der Waals surface area contributed by atoms with Crippen LogP contribution >= 0.6 is 0 Å². The zero-order valence-corrected chi connectivity index (χ0v) is 22.4. The number of amidine groups is 1. The van der Waals surface area contributed by atoms with E-state index in [9.17, 15) is 8.42 Å². The molecule has 3 aromatic rings. The van der Waals surface area contributed by atoms with Gasteiger partial charge in [-0.15, -0.1) is 5.10 Å². The molecule has 2 heterocycles. The molecular weight excluding hydrogens is 503 g/mol. The molecule has 2 aliphatic carbocycles. The maximum atomic E-state index is 15.5. The van der Waals surface area contributed by atoms with Gasteiger partial charge in [0.15, 0.2) is 10.9 Å². The molecule has 1 unspecified atom stereocenters. The summed E-state index contributed by atoms with van der Waals surface area (Å²) in [5.41, 5.74) is 5.93. The topological polar surface area (TPSA) is 93.5 Å². The molecule has 7 nitrogen and oxygen atoms in total. The minimum Gasteiger partial charge on any atom is -0.392 e. The highest BCUT2D eigenvalue weighted by Crippen LogP contribution is 2.43. The Balaban J connectivity index is 1.41.